The van der Waals surface area contributed by atoms with E-state index in [0.29, 0.717) is 0 Å². The highest BCUT2D eigenvalue weighted by Gasteiger charge is 1.97. The third-order valence-electron chi connectivity index (χ3n) is 1.56. The molecule has 0 saturated carbocycles. The summed E-state index contributed by atoms with van der Waals surface area (Å²) in [6.45, 7) is 3.94. The van der Waals surface area contributed by atoms with E-state index in [1.165, 1.54) is 6.07 Å². The summed E-state index contributed by atoms with van der Waals surface area (Å²) in [5.74, 6) is -0.387. The minimum Gasteiger partial charge on any atom is -0.228 e. The van der Waals surface area contributed by atoms with Crippen LogP contribution in [0, 0.1) is 12.9 Å². The van der Waals surface area contributed by atoms with Crippen LogP contribution in [0.3, 0.4) is 0 Å². The molecule has 1 rings (SSSR count). The molecule has 0 aliphatic carbocycles. The van der Waals surface area contributed by atoms with Crippen LogP contribution in [0.4, 0.5) is 4.39 Å². The maximum Gasteiger partial charge on any atom is 0.213 e. The number of pyridine rings is 1. The molecular formula is C8H10FN. The van der Waals surface area contributed by atoms with Crippen LogP contribution in [0.5, 0.6) is 0 Å². The lowest BCUT2D eigenvalue weighted by Gasteiger charge is -1.99. The van der Waals surface area contributed by atoms with Crippen LogP contribution in [0.25, 0.3) is 0 Å². The van der Waals surface area contributed by atoms with Gasteiger partial charge in [0.15, 0.2) is 0 Å². The second-order valence-electron chi connectivity index (χ2n) is 2.29. The number of halogens is 1. The lowest BCUT2D eigenvalue weighted by molar-refractivity contribution is 0.580. The summed E-state index contributed by atoms with van der Waals surface area (Å²) < 4.78 is 12.4. The number of nitrogens with zero attached hydrogens (tertiary/aromatic N) is 1. The van der Waals surface area contributed by atoms with E-state index in [2.05, 4.69) is 4.98 Å². The van der Waals surface area contributed by atoms with Gasteiger partial charge in [-0.2, -0.15) is 4.39 Å². The first-order valence-corrected chi connectivity index (χ1v) is 3.35. The van der Waals surface area contributed by atoms with Crippen LogP contribution in [0.1, 0.15) is 18.1 Å². The Hall–Kier alpha value is -0.920. The van der Waals surface area contributed by atoms with Gasteiger partial charge in [0.25, 0.3) is 0 Å². The molecule has 0 radical (unpaired) electrons. The molecule has 1 aromatic rings. The Labute approximate surface area is 59.9 Å². The van der Waals surface area contributed by atoms with E-state index >= 15 is 0 Å². The van der Waals surface area contributed by atoms with Crippen LogP contribution in [0.2, 0.25) is 0 Å². The molecule has 0 fully saturated rings. The molecule has 1 heterocycles. The summed E-state index contributed by atoms with van der Waals surface area (Å²) >= 11 is 0. The number of aryl methyl sites for hydroxylation is 2. The quantitative estimate of drug-likeness (QED) is 0.543. The first kappa shape index (κ1) is 7.19. The van der Waals surface area contributed by atoms with Crippen molar-refractivity contribution in [1.82, 2.24) is 4.98 Å². The van der Waals surface area contributed by atoms with Gasteiger partial charge < -0.3 is 0 Å². The van der Waals surface area contributed by atoms with E-state index in [-0.39, 0.29) is 5.95 Å². The molecule has 10 heavy (non-hydrogen) atoms. The third-order valence-corrected chi connectivity index (χ3v) is 1.56. The third kappa shape index (κ3) is 1.32. The van der Waals surface area contributed by atoms with E-state index in [0.717, 1.165) is 17.5 Å². The first-order valence-electron chi connectivity index (χ1n) is 3.35. The fourth-order valence-corrected chi connectivity index (χ4v) is 0.917. The van der Waals surface area contributed by atoms with Gasteiger partial charge in [-0.1, -0.05) is 6.92 Å². The molecule has 0 unspecified atom stereocenters. The van der Waals surface area contributed by atoms with E-state index < -0.39 is 0 Å². The molecule has 1 nitrogen and oxygen atoms in total. The predicted octanol–water partition coefficient (Wildman–Crippen LogP) is 2.09. The Bertz CT molecular complexity index is 233. The zero-order valence-electron chi connectivity index (χ0n) is 6.19. The number of hydrogen-bond acceptors (Lipinski definition) is 1. The van der Waals surface area contributed by atoms with Crippen molar-refractivity contribution < 1.29 is 4.39 Å². The van der Waals surface area contributed by atoms with Gasteiger partial charge in [0.2, 0.25) is 5.95 Å². The minimum atomic E-state index is -0.387. The lowest BCUT2D eigenvalue weighted by Crippen LogP contribution is -1.90. The van der Waals surface area contributed by atoms with Crippen LogP contribution >= 0.6 is 0 Å². The fraction of sp³-hybridized carbons (Fsp3) is 0.375. The van der Waals surface area contributed by atoms with Crippen LogP contribution in [-0.4, -0.2) is 4.98 Å². The van der Waals surface area contributed by atoms with Crippen LogP contribution in [0.15, 0.2) is 12.3 Å². The van der Waals surface area contributed by atoms with Gasteiger partial charge in [0, 0.05) is 6.20 Å². The molecule has 2 heteroatoms. The fourth-order valence-electron chi connectivity index (χ4n) is 0.917. The van der Waals surface area contributed by atoms with Crippen molar-refractivity contribution in [3.63, 3.8) is 0 Å². The molecule has 0 aliphatic rings. The van der Waals surface area contributed by atoms with Crippen molar-refractivity contribution in [2.24, 2.45) is 0 Å². The monoisotopic (exact) mass is 139 g/mol. The SMILES string of the molecule is CCc1cc(F)ncc1C. The molecule has 0 amide bonds. The molecule has 1 aromatic heterocycles. The smallest absolute Gasteiger partial charge is 0.213 e. The van der Waals surface area contributed by atoms with E-state index in [1.807, 2.05) is 13.8 Å². The largest absolute Gasteiger partial charge is 0.228 e. The Morgan fingerprint density at radius 1 is 1.60 bits per heavy atom. The highest BCUT2D eigenvalue weighted by molar-refractivity contribution is 5.21. The van der Waals surface area contributed by atoms with E-state index in [4.69, 9.17) is 0 Å². The molecule has 0 aliphatic heterocycles. The Morgan fingerprint density at radius 3 is 2.80 bits per heavy atom. The minimum absolute atomic E-state index is 0.387. The number of hydrogen-bond donors (Lipinski definition) is 0. The van der Waals surface area contributed by atoms with Crippen LogP contribution < -0.4 is 0 Å². The summed E-state index contributed by atoms with van der Waals surface area (Å²) in [6.07, 6.45) is 2.43. The van der Waals surface area contributed by atoms with Gasteiger partial charge in [0.1, 0.15) is 0 Å². The average molecular weight is 139 g/mol. The maximum atomic E-state index is 12.4. The first-order chi connectivity index (χ1) is 4.74. The second kappa shape index (κ2) is 2.78. The number of rotatable bonds is 1. The van der Waals surface area contributed by atoms with Crippen molar-refractivity contribution in [3.8, 4) is 0 Å². The summed E-state index contributed by atoms with van der Waals surface area (Å²) in [5.41, 5.74) is 2.09. The molecule has 0 spiro atoms. The molecule has 0 saturated heterocycles. The van der Waals surface area contributed by atoms with Gasteiger partial charge in [0.05, 0.1) is 0 Å². The molecule has 0 bridgehead atoms. The van der Waals surface area contributed by atoms with Gasteiger partial charge in [-0.15, -0.1) is 0 Å². The van der Waals surface area contributed by atoms with Crippen molar-refractivity contribution in [3.05, 3.63) is 29.3 Å². The molecule has 54 valence electrons. The molecule has 0 aromatic carbocycles. The average Bonchev–Trinajstić information content (AvgIpc) is 1.94. The predicted molar refractivity (Wildman–Crippen MR) is 38.3 cm³/mol. The maximum absolute atomic E-state index is 12.4. The van der Waals surface area contributed by atoms with Gasteiger partial charge in [-0.3, -0.25) is 0 Å². The Balaban J connectivity index is 3.09. The van der Waals surface area contributed by atoms with Gasteiger partial charge in [-0.05, 0) is 30.5 Å². The standard InChI is InChI=1S/C8H10FN/c1-3-7-4-8(9)10-5-6(7)2/h4-5H,3H2,1-2H3. The van der Waals surface area contributed by atoms with Crippen molar-refractivity contribution in [2.45, 2.75) is 20.3 Å². The Morgan fingerprint density at radius 2 is 2.30 bits per heavy atom. The topological polar surface area (TPSA) is 12.9 Å². The summed E-state index contributed by atoms with van der Waals surface area (Å²) in [5, 5.41) is 0. The van der Waals surface area contributed by atoms with Gasteiger partial charge in [-0.25, -0.2) is 4.98 Å². The highest BCUT2D eigenvalue weighted by atomic mass is 19.1. The zero-order chi connectivity index (χ0) is 7.56. The Kier molecular flexibility index (Phi) is 2.00. The summed E-state index contributed by atoms with van der Waals surface area (Å²) in [6, 6.07) is 1.48. The van der Waals surface area contributed by atoms with Crippen molar-refractivity contribution in [1.29, 1.82) is 0 Å². The van der Waals surface area contributed by atoms with E-state index in [1.54, 1.807) is 6.20 Å². The van der Waals surface area contributed by atoms with Gasteiger partial charge >= 0.3 is 0 Å². The molecule has 0 atom stereocenters. The molecular weight excluding hydrogens is 129 g/mol. The zero-order valence-corrected chi connectivity index (χ0v) is 6.19. The second-order valence-corrected chi connectivity index (χ2v) is 2.29. The number of aromatic nitrogens is 1. The molecule has 0 N–H and O–H groups in total. The summed E-state index contributed by atoms with van der Waals surface area (Å²) in [7, 11) is 0. The normalized spacial score (nSPS) is 9.90. The van der Waals surface area contributed by atoms with Crippen molar-refractivity contribution >= 4 is 0 Å². The van der Waals surface area contributed by atoms with Crippen molar-refractivity contribution in [2.75, 3.05) is 0 Å². The summed E-state index contributed by atoms with van der Waals surface area (Å²) in [4.78, 5) is 3.52. The lowest BCUT2D eigenvalue weighted by atomic mass is 10.1. The van der Waals surface area contributed by atoms with Crippen LogP contribution in [-0.2, 0) is 6.42 Å². The highest BCUT2D eigenvalue weighted by Crippen LogP contribution is 2.07. The van der Waals surface area contributed by atoms with E-state index in [9.17, 15) is 4.39 Å².